The number of aryl methyl sites for hydroxylation is 2. The van der Waals surface area contributed by atoms with Gasteiger partial charge in [0.1, 0.15) is 4.83 Å². The summed E-state index contributed by atoms with van der Waals surface area (Å²) in [5.74, 6) is -0.0312. The molecule has 4 heteroatoms. The van der Waals surface area contributed by atoms with Crippen molar-refractivity contribution >= 4 is 43.5 Å². The molecule has 2 nitrogen and oxygen atoms in total. The van der Waals surface area contributed by atoms with Crippen LogP contribution in [0.5, 0.6) is 0 Å². The molecule has 0 heterocycles. The highest BCUT2D eigenvalue weighted by atomic mass is 79.9. The van der Waals surface area contributed by atoms with Crippen LogP contribution >= 0.6 is 31.9 Å². The topological polar surface area (TPSA) is 29.1 Å². The maximum absolute atomic E-state index is 11.8. The van der Waals surface area contributed by atoms with Crippen LogP contribution < -0.4 is 5.32 Å². The van der Waals surface area contributed by atoms with Crippen LogP contribution in [0.3, 0.4) is 0 Å². The number of carbonyl (C=O) groups excluding carboxylic acids is 1. The number of nitrogens with one attached hydrogen (secondary N) is 1. The molecule has 0 bridgehead atoms. The van der Waals surface area contributed by atoms with Crippen molar-refractivity contribution in [1.82, 2.24) is 0 Å². The van der Waals surface area contributed by atoms with E-state index in [-0.39, 0.29) is 15.6 Å². The van der Waals surface area contributed by atoms with E-state index in [9.17, 15) is 4.79 Å². The van der Waals surface area contributed by atoms with Crippen LogP contribution in [0.2, 0.25) is 0 Å². The quantitative estimate of drug-likeness (QED) is 0.827. The van der Waals surface area contributed by atoms with Crippen LogP contribution in [-0.2, 0) is 4.79 Å². The molecule has 88 valence electrons. The van der Waals surface area contributed by atoms with E-state index in [1.807, 2.05) is 32.9 Å². The first-order valence-corrected chi connectivity index (χ1v) is 6.91. The average Bonchev–Trinajstić information content (AvgIpc) is 2.20. The van der Waals surface area contributed by atoms with E-state index < -0.39 is 0 Å². The molecule has 0 spiro atoms. The number of rotatable bonds is 3. The lowest BCUT2D eigenvalue weighted by molar-refractivity contribution is -0.115. The van der Waals surface area contributed by atoms with Gasteiger partial charge in [-0.05, 0) is 25.5 Å². The summed E-state index contributed by atoms with van der Waals surface area (Å²) in [6.45, 7) is 5.96. The van der Waals surface area contributed by atoms with E-state index in [1.54, 1.807) is 0 Å². The molecule has 0 aliphatic carbocycles. The first kappa shape index (κ1) is 13.7. The minimum atomic E-state index is -0.229. The number of hydrogen-bond donors (Lipinski definition) is 1. The number of halogens is 2. The summed E-state index contributed by atoms with van der Waals surface area (Å²) in [6.07, 6.45) is 0. The second-order valence-corrected chi connectivity index (χ2v) is 6.32. The lowest BCUT2D eigenvalue weighted by atomic mass is 10.1. The lowest BCUT2D eigenvalue weighted by Gasteiger charge is -2.14. The molecule has 0 saturated carbocycles. The van der Waals surface area contributed by atoms with Crippen molar-refractivity contribution in [3.05, 3.63) is 29.3 Å². The second kappa shape index (κ2) is 5.82. The number of anilines is 1. The molecule has 1 N–H and O–H groups in total. The predicted molar refractivity (Wildman–Crippen MR) is 75.6 cm³/mol. The van der Waals surface area contributed by atoms with Crippen LogP contribution in [0.4, 0.5) is 5.69 Å². The van der Waals surface area contributed by atoms with Crippen LogP contribution in [-0.4, -0.2) is 15.6 Å². The number of carbonyl (C=O) groups is 1. The van der Waals surface area contributed by atoms with Crippen molar-refractivity contribution in [1.29, 1.82) is 0 Å². The molecule has 2 unspecified atom stereocenters. The second-order valence-electron chi connectivity index (χ2n) is 3.89. The minimum absolute atomic E-state index is 0.0312. The van der Waals surface area contributed by atoms with Crippen LogP contribution in [0, 0.1) is 13.8 Å². The Labute approximate surface area is 113 Å². The Hall–Kier alpha value is -0.350. The van der Waals surface area contributed by atoms with Gasteiger partial charge in [-0.15, -0.1) is 0 Å². The Kier molecular flexibility index (Phi) is 4.99. The van der Waals surface area contributed by atoms with Gasteiger partial charge in [0, 0.05) is 10.5 Å². The average molecular weight is 349 g/mol. The van der Waals surface area contributed by atoms with Gasteiger partial charge in [0.2, 0.25) is 5.91 Å². The van der Waals surface area contributed by atoms with E-state index in [0.29, 0.717) is 0 Å². The number of hydrogen-bond acceptors (Lipinski definition) is 1. The first-order valence-electron chi connectivity index (χ1n) is 5.08. The molecule has 0 radical (unpaired) electrons. The Bertz CT molecular complexity index is 391. The van der Waals surface area contributed by atoms with Gasteiger partial charge in [0.15, 0.2) is 0 Å². The third kappa shape index (κ3) is 3.59. The van der Waals surface area contributed by atoms with Gasteiger partial charge in [-0.2, -0.15) is 0 Å². The highest BCUT2D eigenvalue weighted by molar-refractivity contribution is 9.12. The smallest absolute Gasteiger partial charge is 0.239 e. The normalized spacial score (nSPS) is 14.3. The summed E-state index contributed by atoms with van der Waals surface area (Å²) >= 11 is 6.72. The van der Waals surface area contributed by atoms with Crippen molar-refractivity contribution in [2.75, 3.05) is 5.32 Å². The van der Waals surface area contributed by atoms with Crippen LogP contribution in [0.15, 0.2) is 18.2 Å². The molecule has 0 aliphatic rings. The summed E-state index contributed by atoms with van der Waals surface area (Å²) in [5, 5.41) is 2.90. The van der Waals surface area contributed by atoms with Crippen molar-refractivity contribution in [2.24, 2.45) is 0 Å². The molecule has 0 fully saturated rings. The fraction of sp³-hybridized carbons (Fsp3) is 0.417. The molecule has 2 atom stereocenters. The van der Waals surface area contributed by atoms with E-state index >= 15 is 0 Å². The molecule has 1 amide bonds. The zero-order valence-corrected chi connectivity index (χ0v) is 12.7. The van der Waals surface area contributed by atoms with E-state index in [1.165, 1.54) is 5.56 Å². The Morgan fingerprint density at radius 2 is 1.94 bits per heavy atom. The Balaban J connectivity index is 2.77. The van der Waals surface area contributed by atoms with Gasteiger partial charge in [0.05, 0.1) is 0 Å². The fourth-order valence-electron chi connectivity index (χ4n) is 1.36. The molecule has 16 heavy (non-hydrogen) atoms. The highest BCUT2D eigenvalue weighted by Crippen LogP contribution is 2.19. The third-order valence-corrected chi connectivity index (χ3v) is 4.74. The largest absolute Gasteiger partial charge is 0.325 e. The van der Waals surface area contributed by atoms with Crippen molar-refractivity contribution in [3.8, 4) is 0 Å². The SMILES string of the molecule is Cc1ccc(NC(=O)C(Br)C(C)Br)c(C)c1. The zero-order valence-electron chi connectivity index (χ0n) is 9.55. The van der Waals surface area contributed by atoms with Crippen molar-refractivity contribution in [3.63, 3.8) is 0 Å². The van der Waals surface area contributed by atoms with Gasteiger partial charge >= 0.3 is 0 Å². The summed E-state index contributed by atoms with van der Waals surface area (Å²) in [4.78, 5) is 11.7. The lowest BCUT2D eigenvalue weighted by Crippen LogP contribution is -2.28. The first-order chi connectivity index (χ1) is 7.41. The number of amides is 1. The zero-order chi connectivity index (χ0) is 12.3. The standard InChI is InChI=1S/C12H15Br2NO/c1-7-4-5-10(8(2)6-7)15-12(16)11(14)9(3)13/h4-6,9,11H,1-3H3,(H,15,16). The minimum Gasteiger partial charge on any atom is -0.325 e. The predicted octanol–water partition coefficient (Wildman–Crippen LogP) is 3.79. The maximum Gasteiger partial charge on any atom is 0.239 e. The van der Waals surface area contributed by atoms with E-state index in [2.05, 4.69) is 43.2 Å². The molecule has 0 aliphatic heterocycles. The van der Waals surface area contributed by atoms with E-state index in [0.717, 1.165) is 11.3 Å². The third-order valence-electron chi connectivity index (χ3n) is 2.29. The Morgan fingerprint density at radius 1 is 1.31 bits per heavy atom. The number of benzene rings is 1. The van der Waals surface area contributed by atoms with Crippen molar-refractivity contribution in [2.45, 2.75) is 30.4 Å². The fourth-order valence-corrected chi connectivity index (χ4v) is 1.72. The molecular weight excluding hydrogens is 334 g/mol. The van der Waals surface area contributed by atoms with Gasteiger partial charge in [-0.3, -0.25) is 4.79 Å². The van der Waals surface area contributed by atoms with Gasteiger partial charge < -0.3 is 5.32 Å². The summed E-state index contributed by atoms with van der Waals surface area (Å²) < 4.78 is 0. The van der Waals surface area contributed by atoms with Crippen LogP contribution in [0.25, 0.3) is 0 Å². The van der Waals surface area contributed by atoms with Gasteiger partial charge in [0.25, 0.3) is 0 Å². The molecule has 1 aromatic carbocycles. The molecule has 1 rings (SSSR count). The van der Waals surface area contributed by atoms with E-state index in [4.69, 9.17) is 0 Å². The molecule has 0 saturated heterocycles. The Morgan fingerprint density at radius 3 is 2.44 bits per heavy atom. The van der Waals surface area contributed by atoms with Gasteiger partial charge in [-0.1, -0.05) is 56.5 Å². The molecule has 0 aromatic heterocycles. The van der Waals surface area contributed by atoms with Crippen molar-refractivity contribution < 1.29 is 4.79 Å². The summed E-state index contributed by atoms with van der Waals surface area (Å²) in [7, 11) is 0. The van der Waals surface area contributed by atoms with Crippen LogP contribution in [0.1, 0.15) is 18.1 Å². The van der Waals surface area contributed by atoms with Gasteiger partial charge in [-0.25, -0.2) is 0 Å². The summed E-state index contributed by atoms with van der Waals surface area (Å²) in [6, 6.07) is 5.97. The summed E-state index contributed by atoms with van der Waals surface area (Å²) in [5.41, 5.74) is 3.14. The molecular formula is C12H15Br2NO. The molecule has 1 aromatic rings. The maximum atomic E-state index is 11.8. The monoisotopic (exact) mass is 347 g/mol. The highest BCUT2D eigenvalue weighted by Gasteiger charge is 2.20. The number of alkyl halides is 2.